The Labute approximate surface area is 95.9 Å². The van der Waals surface area contributed by atoms with E-state index in [1.165, 1.54) is 23.8 Å². The van der Waals surface area contributed by atoms with Crippen LogP contribution in [0.2, 0.25) is 0 Å². The van der Waals surface area contributed by atoms with E-state index >= 15 is 0 Å². The summed E-state index contributed by atoms with van der Waals surface area (Å²) in [7, 11) is 0. The van der Waals surface area contributed by atoms with Crippen LogP contribution in [0, 0.1) is 0 Å². The molecule has 0 aliphatic heterocycles. The summed E-state index contributed by atoms with van der Waals surface area (Å²) < 4.78 is 5.49. The molecule has 0 saturated heterocycles. The number of hydrogen-bond donors (Lipinski definition) is 1. The van der Waals surface area contributed by atoms with Crippen LogP contribution in [0.3, 0.4) is 0 Å². The second-order valence-electron chi connectivity index (χ2n) is 4.14. The normalized spacial score (nSPS) is 11.1. The topological polar surface area (TPSA) is 33.4 Å². The Hall–Kier alpha value is -1.28. The van der Waals surface area contributed by atoms with E-state index in [2.05, 4.69) is 6.07 Å². The van der Waals surface area contributed by atoms with Crippen molar-refractivity contribution >= 4 is 11.0 Å². The SMILES string of the molecule is OCCCCCCc1coc2ccccc12. The largest absolute Gasteiger partial charge is 0.464 e. The lowest BCUT2D eigenvalue weighted by molar-refractivity contribution is 0.282. The third-order valence-electron chi connectivity index (χ3n) is 2.92. The van der Waals surface area contributed by atoms with E-state index in [0.717, 1.165) is 24.8 Å². The van der Waals surface area contributed by atoms with Crippen molar-refractivity contribution in [2.75, 3.05) is 6.61 Å². The molecule has 0 atom stereocenters. The number of furan rings is 1. The van der Waals surface area contributed by atoms with E-state index < -0.39 is 0 Å². The standard InChI is InChI=1S/C14H18O2/c15-10-6-2-1-3-7-12-11-16-14-9-5-4-8-13(12)14/h4-5,8-9,11,15H,1-3,6-7,10H2. The van der Waals surface area contributed by atoms with E-state index in [0.29, 0.717) is 6.61 Å². The van der Waals surface area contributed by atoms with Gasteiger partial charge >= 0.3 is 0 Å². The summed E-state index contributed by atoms with van der Waals surface area (Å²) in [6.45, 7) is 0.314. The lowest BCUT2D eigenvalue weighted by Crippen LogP contribution is -1.86. The average molecular weight is 218 g/mol. The molecular formula is C14H18O2. The lowest BCUT2D eigenvalue weighted by Gasteiger charge is -1.98. The zero-order valence-electron chi connectivity index (χ0n) is 9.48. The summed E-state index contributed by atoms with van der Waals surface area (Å²) in [6, 6.07) is 8.16. The molecule has 0 spiro atoms. The fourth-order valence-electron chi connectivity index (χ4n) is 2.01. The minimum atomic E-state index is 0.314. The molecule has 2 aromatic rings. The predicted octanol–water partition coefficient (Wildman–Crippen LogP) is 3.53. The quantitative estimate of drug-likeness (QED) is 0.752. The van der Waals surface area contributed by atoms with Crippen LogP contribution in [0.1, 0.15) is 31.2 Å². The minimum Gasteiger partial charge on any atom is -0.464 e. The lowest BCUT2D eigenvalue weighted by atomic mass is 10.1. The van der Waals surface area contributed by atoms with Crippen LogP contribution in [-0.2, 0) is 6.42 Å². The number of rotatable bonds is 6. The van der Waals surface area contributed by atoms with Gasteiger partial charge in [-0.15, -0.1) is 0 Å². The van der Waals surface area contributed by atoms with Crippen LogP contribution < -0.4 is 0 Å². The highest BCUT2D eigenvalue weighted by Crippen LogP contribution is 2.22. The van der Waals surface area contributed by atoms with E-state index in [-0.39, 0.29) is 0 Å². The number of hydrogen-bond acceptors (Lipinski definition) is 2. The predicted molar refractivity (Wildman–Crippen MR) is 65.5 cm³/mol. The van der Waals surface area contributed by atoms with E-state index in [4.69, 9.17) is 9.52 Å². The maximum Gasteiger partial charge on any atom is 0.134 e. The highest BCUT2D eigenvalue weighted by atomic mass is 16.3. The molecule has 0 amide bonds. The summed E-state index contributed by atoms with van der Waals surface area (Å²) in [5, 5.41) is 9.92. The fourth-order valence-corrected chi connectivity index (χ4v) is 2.01. The first kappa shape index (κ1) is 11.2. The number of aliphatic hydroxyl groups excluding tert-OH is 1. The van der Waals surface area contributed by atoms with Gasteiger partial charge < -0.3 is 9.52 Å². The molecule has 1 N–H and O–H groups in total. The molecule has 0 radical (unpaired) electrons. The van der Waals surface area contributed by atoms with Crippen molar-refractivity contribution < 1.29 is 9.52 Å². The summed E-state index contributed by atoms with van der Waals surface area (Å²) in [5.41, 5.74) is 2.28. The molecule has 1 heterocycles. The summed E-state index contributed by atoms with van der Waals surface area (Å²) >= 11 is 0. The van der Waals surface area contributed by atoms with Crippen molar-refractivity contribution in [3.8, 4) is 0 Å². The van der Waals surface area contributed by atoms with Gasteiger partial charge in [-0.1, -0.05) is 31.0 Å². The summed E-state index contributed by atoms with van der Waals surface area (Å²) in [4.78, 5) is 0. The Morgan fingerprint density at radius 1 is 1.00 bits per heavy atom. The Morgan fingerprint density at radius 3 is 2.69 bits per heavy atom. The van der Waals surface area contributed by atoms with Crippen LogP contribution in [0.4, 0.5) is 0 Å². The van der Waals surface area contributed by atoms with Crippen LogP contribution in [-0.4, -0.2) is 11.7 Å². The van der Waals surface area contributed by atoms with Gasteiger partial charge in [-0.3, -0.25) is 0 Å². The van der Waals surface area contributed by atoms with Gasteiger partial charge in [0.25, 0.3) is 0 Å². The van der Waals surface area contributed by atoms with Crippen molar-refractivity contribution in [2.45, 2.75) is 32.1 Å². The number of unbranched alkanes of at least 4 members (excludes halogenated alkanes) is 3. The van der Waals surface area contributed by atoms with Gasteiger partial charge in [0.2, 0.25) is 0 Å². The molecule has 0 fully saturated rings. The number of fused-ring (bicyclic) bond motifs is 1. The van der Waals surface area contributed by atoms with Crippen molar-refractivity contribution in [3.05, 3.63) is 36.1 Å². The first-order valence-corrected chi connectivity index (χ1v) is 5.98. The maximum atomic E-state index is 8.68. The number of para-hydroxylation sites is 1. The summed E-state index contributed by atoms with van der Waals surface area (Å²) in [5.74, 6) is 0. The molecule has 1 aromatic heterocycles. The van der Waals surface area contributed by atoms with Gasteiger partial charge in [0.15, 0.2) is 0 Å². The van der Waals surface area contributed by atoms with Crippen molar-refractivity contribution in [2.24, 2.45) is 0 Å². The fraction of sp³-hybridized carbons (Fsp3) is 0.429. The Balaban J connectivity index is 1.89. The van der Waals surface area contributed by atoms with Crippen molar-refractivity contribution in [1.29, 1.82) is 0 Å². The Morgan fingerprint density at radius 2 is 1.81 bits per heavy atom. The smallest absolute Gasteiger partial charge is 0.134 e. The van der Waals surface area contributed by atoms with Gasteiger partial charge in [-0.05, 0) is 30.9 Å². The van der Waals surface area contributed by atoms with E-state index in [1.807, 2.05) is 24.5 Å². The molecule has 0 aliphatic rings. The van der Waals surface area contributed by atoms with Gasteiger partial charge in [0.05, 0.1) is 6.26 Å². The zero-order valence-corrected chi connectivity index (χ0v) is 9.48. The van der Waals surface area contributed by atoms with Crippen molar-refractivity contribution in [1.82, 2.24) is 0 Å². The van der Waals surface area contributed by atoms with Crippen LogP contribution >= 0.6 is 0 Å². The van der Waals surface area contributed by atoms with Crippen molar-refractivity contribution in [3.63, 3.8) is 0 Å². The monoisotopic (exact) mass is 218 g/mol. The first-order valence-electron chi connectivity index (χ1n) is 5.98. The average Bonchev–Trinajstić information content (AvgIpc) is 2.73. The van der Waals surface area contributed by atoms with Gasteiger partial charge in [-0.2, -0.15) is 0 Å². The van der Waals surface area contributed by atoms with Gasteiger partial charge in [0, 0.05) is 12.0 Å². The molecule has 0 aliphatic carbocycles. The van der Waals surface area contributed by atoms with Crippen LogP contribution in [0.15, 0.2) is 34.9 Å². The third-order valence-corrected chi connectivity index (χ3v) is 2.92. The highest BCUT2D eigenvalue weighted by molar-refractivity contribution is 5.80. The van der Waals surface area contributed by atoms with E-state index in [1.54, 1.807) is 0 Å². The molecule has 0 bridgehead atoms. The maximum absolute atomic E-state index is 8.68. The molecule has 16 heavy (non-hydrogen) atoms. The molecule has 2 nitrogen and oxygen atoms in total. The second-order valence-corrected chi connectivity index (χ2v) is 4.14. The van der Waals surface area contributed by atoms with Gasteiger partial charge in [0.1, 0.15) is 5.58 Å². The van der Waals surface area contributed by atoms with Crippen LogP contribution in [0.25, 0.3) is 11.0 Å². The van der Waals surface area contributed by atoms with E-state index in [9.17, 15) is 0 Å². The Kier molecular flexibility index (Phi) is 4.00. The minimum absolute atomic E-state index is 0.314. The number of aryl methyl sites for hydroxylation is 1. The second kappa shape index (κ2) is 5.71. The zero-order chi connectivity index (χ0) is 11.2. The Bertz CT molecular complexity index is 431. The highest BCUT2D eigenvalue weighted by Gasteiger charge is 2.03. The van der Waals surface area contributed by atoms with Crippen LogP contribution in [0.5, 0.6) is 0 Å². The molecular weight excluding hydrogens is 200 g/mol. The molecule has 0 saturated carbocycles. The molecule has 1 aromatic carbocycles. The number of aliphatic hydroxyl groups is 1. The first-order chi connectivity index (χ1) is 7.92. The molecule has 0 unspecified atom stereocenters. The molecule has 2 heteroatoms. The summed E-state index contributed by atoms with van der Waals surface area (Å²) in [6.07, 6.45) is 7.33. The molecule has 86 valence electrons. The number of benzene rings is 1. The molecule has 2 rings (SSSR count). The van der Waals surface area contributed by atoms with Gasteiger partial charge in [-0.25, -0.2) is 0 Å². The third kappa shape index (κ3) is 2.64.